The van der Waals surface area contributed by atoms with Gasteiger partial charge in [-0.15, -0.1) is 11.3 Å². The molecule has 0 radical (unpaired) electrons. The molecule has 0 N–H and O–H groups in total. The minimum Gasteiger partial charge on any atom is -0.493 e. The van der Waals surface area contributed by atoms with E-state index in [0.717, 1.165) is 16.0 Å². The topological polar surface area (TPSA) is 55.8 Å². The van der Waals surface area contributed by atoms with Crippen LogP contribution in [-0.4, -0.2) is 32.6 Å². The van der Waals surface area contributed by atoms with Gasteiger partial charge in [-0.1, -0.05) is 23.2 Å². The standard InChI is InChI=1S/C22H17Cl2NO4S/c1-25(17-5-4-14(23)11-16(17)24)21(26)19-10-12-7-8-29-18-6-3-13(22(27)28-2)9-15(18)20(12)30-19/h3-6,9-11H,7-8H2,1-2H3. The van der Waals surface area contributed by atoms with Gasteiger partial charge in [0, 0.05) is 28.9 Å². The highest BCUT2D eigenvalue weighted by Crippen LogP contribution is 2.42. The molecular weight excluding hydrogens is 445 g/mol. The van der Waals surface area contributed by atoms with Gasteiger partial charge in [-0.05, 0) is 48.0 Å². The summed E-state index contributed by atoms with van der Waals surface area (Å²) in [6, 6.07) is 12.1. The van der Waals surface area contributed by atoms with Crippen LogP contribution in [0.25, 0.3) is 10.4 Å². The smallest absolute Gasteiger partial charge is 0.337 e. The monoisotopic (exact) mass is 461 g/mol. The van der Waals surface area contributed by atoms with E-state index in [-0.39, 0.29) is 5.91 Å². The lowest BCUT2D eigenvalue weighted by Gasteiger charge is -2.18. The molecule has 30 heavy (non-hydrogen) atoms. The number of amides is 1. The number of carbonyl (C=O) groups is 2. The number of anilines is 1. The summed E-state index contributed by atoms with van der Waals surface area (Å²) in [5.74, 6) is 0.0776. The van der Waals surface area contributed by atoms with Crippen LogP contribution in [0.1, 0.15) is 25.6 Å². The van der Waals surface area contributed by atoms with Crippen molar-refractivity contribution in [2.24, 2.45) is 0 Å². The third kappa shape index (κ3) is 3.78. The van der Waals surface area contributed by atoms with E-state index in [1.165, 1.54) is 23.3 Å². The van der Waals surface area contributed by atoms with Crippen LogP contribution in [0.15, 0.2) is 42.5 Å². The van der Waals surface area contributed by atoms with E-state index in [2.05, 4.69) is 0 Å². The fourth-order valence-corrected chi connectivity index (χ4v) is 5.07. The Balaban J connectivity index is 1.73. The van der Waals surface area contributed by atoms with E-state index in [1.54, 1.807) is 43.4 Å². The van der Waals surface area contributed by atoms with Crippen LogP contribution in [0, 0.1) is 0 Å². The largest absolute Gasteiger partial charge is 0.493 e. The number of carbonyl (C=O) groups excluding carboxylic acids is 2. The molecule has 2 aromatic carbocycles. The number of halogens is 2. The van der Waals surface area contributed by atoms with Gasteiger partial charge < -0.3 is 14.4 Å². The molecule has 1 aliphatic rings. The fourth-order valence-electron chi connectivity index (χ4n) is 3.32. The van der Waals surface area contributed by atoms with Crippen molar-refractivity contribution in [1.82, 2.24) is 0 Å². The van der Waals surface area contributed by atoms with Gasteiger partial charge in [-0.2, -0.15) is 0 Å². The van der Waals surface area contributed by atoms with Gasteiger partial charge in [0.15, 0.2) is 0 Å². The number of nitrogens with zero attached hydrogens (tertiary/aromatic N) is 1. The van der Waals surface area contributed by atoms with E-state index in [9.17, 15) is 9.59 Å². The molecule has 0 saturated heterocycles. The van der Waals surface area contributed by atoms with Crippen LogP contribution < -0.4 is 9.64 Å². The number of ether oxygens (including phenoxy) is 2. The Morgan fingerprint density at radius 1 is 1.13 bits per heavy atom. The van der Waals surface area contributed by atoms with Crippen molar-refractivity contribution >= 4 is 52.1 Å². The van der Waals surface area contributed by atoms with Gasteiger partial charge >= 0.3 is 5.97 Å². The number of hydrogen-bond donors (Lipinski definition) is 0. The van der Waals surface area contributed by atoms with Crippen molar-refractivity contribution in [2.45, 2.75) is 6.42 Å². The zero-order chi connectivity index (χ0) is 21.4. The summed E-state index contributed by atoms with van der Waals surface area (Å²) in [4.78, 5) is 28.1. The number of esters is 1. The van der Waals surface area contributed by atoms with Gasteiger partial charge in [0.2, 0.25) is 0 Å². The number of rotatable bonds is 3. The van der Waals surface area contributed by atoms with Gasteiger partial charge in [0.05, 0.1) is 34.9 Å². The molecule has 0 spiro atoms. The van der Waals surface area contributed by atoms with E-state index in [0.29, 0.717) is 45.0 Å². The summed E-state index contributed by atoms with van der Waals surface area (Å²) in [6.07, 6.45) is 0.659. The van der Waals surface area contributed by atoms with E-state index in [4.69, 9.17) is 32.7 Å². The number of methoxy groups -OCH3 is 1. The van der Waals surface area contributed by atoms with Crippen molar-refractivity contribution in [1.29, 1.82) is 0 Å². The molecule has 0 atom stereocenters. The molecular formula is C22H17Cl2NO4S. The SMILES string of the molecule is COC(=O)c1ccc2c(c1)-c1sc(C(=O)N(C)c3ccc(Cl)cc3Cl)cc1CCO2. The first kappa shape index (κ1) is 20.7. The van der Waals surface area contributed by atoms with Crippen LogP contribution in [0.5, 0.6) is 5.75 Å². The van der Waals surface area contributed by atoms with Gasteiger partial charge in [-0.3, -0.25) is 4.79 Å². The summed E-state index contributed by atoms with van der Waals surface area (Å²) in [7, 11) is 3.02. The van der Waals surface area contributed by atoms with Crippen LogP contribution >= 0.6 is 34.5 Å². The number of benzene rings is 2. The average molecular weight is 462 g/mol. The van der Waals surface area contributed by atoms with Crippen molar-refractivity contribution in [2.75, 3.05) is 25.7 Å². The molecule has 0 unspecified atom stereocenters. The predicted octanol–water partition coefficient (Wildman–Crippen LogP) is 5.72. The van der Waals surface area contributed by atoms with Crippen molar-refractivity contribution in [3.05, 3.63) is 68.5 Å². The minimum atomic E-state index is -0.423. The molecule has 0 bridgehead atoms. The normalized spacial score (nSPS) is 12.3. The second-order valence-electron chi connectivity index (χ2n) is 6.73. The Labute approximate surface area is 187 Å². The van der Waals surface area contributed by atoms with E-state index in [1.807, 2.05) is 6.07 Å². The number of fused-ring (bicyclic) bond motifs is 3. The molecule has 0 fully saturated rings. The third-order valence-electron chi connectivity index (χ3n) is 4.87. The maximum absolute atomic E-state index is 13.2. The van der Waals surface area contributed by atoms with Crippen molar-refractivity contribution < 1.29 is 19.1 Å². The fraction of sp³-hybridized carbons (Fsp3) is 0.182. The second kappa shape index (κ2) is 8.30. The molecule has 154 valence electrons. The number of hydrogen-bond acceptors (Lipinski definition) is 5. The quantitative estimate of drug-likeness (QED) is 0.468. The van der Waals surface area contributed by atoms with Crippen molar-refractivity contribution in [3.8, 4) is 16.2 Å². The molecule has 1 amide bonds. The summed E-state index contributed by atoms with van der Waals surface area (Å²) in [5.41, 5.74) is 2.78. The highest BCUT2D eigenvalue weighted by Gasteiger charge is 2.25. The van der Waals surface area contributed by atoms with Gasteiger partial charge in [0.25, 0.3) is 5.91 Å². The molecule has 1 aromatic heterocycles. The van der Waals surface area contributed by atoms with Gasteiger partial charge in [-0.25, -0.2) is 4.79 Å². The highest BCUT2D eigenvalue weighted by atomic mass is 35.5. The molecule has 3 aromatic rings. The third-order valence-corrected chi connectivity index (χ3v) is 6.61. The van der Waals surface area contributed by atoms with E-state index < -0.39 is 5.97 Å². The summed E-state index contributed by atoms with van der Waals surface area (Å²) < 4.78 is 10.7. The molecule has 5 nitrogen and oxygen atoms in total. The Hall–Kier alpha value is -2.54. The lowest BCUT2D eigenvalue weighted by molar-refractivity contribution is 0.0600. The van der Waals surface area contributed by atoms with Crippen LogP contribution in [-0.2, 0) is 11.2 Å². The number of thiophene rings is 1. The first-order valence-corrected chi connectivity index (χ1v) is 10.7. The van der Waals surface area contributed by atoms with Gasteiger partial charge in [0.1, 0.15) is 5.75 Å². The molecule has 2 heterocycles. The summed E-state index contributed by atoms with van der Waals surface area (Å²) >= 11 is 13.6. The zero-order valence-corrected chi connectivity index (χ0v) is 18.5. The van der Waals surface area contributed by atoms with Crippen LogP contribution in [0.4, 0.5) is 5.69 Å². The molecule has 0 saturated carbocycles. The summed E-state index contributed by atoms with van der Waals surface area (Å²) in [6.45, 7) is 0.487. The average Bonchev–Trinajstić information content (AvgIpc) is 3.08. The Morgan fingerprint density at radius 3 is 2.67 bits per heavy atom. The molecule has 4 rings (SSSR count). The first-order chi connectivity index (χ1) is 14.4. The first-order valence-electron chi connectivity index (χ1n) is 9.10. The Morgan fingerprint density at radius 2 is 1.93 bits per heavy atom. The maximum atomic E-state index is 13.2. The lowest BCUT2D eigenvalue weighted by Crippen LogP contribution is -2.25. The Kier molecular flexibility index (Phi) is 5.73. The van der Waals surface area contributed by atoms with Crippen molar-refractivity contribution in [3.63, 3.8) is 0 Å². The van der Waals surface area contributed by atoms with E-state index >= 15 is 0 Å². The second-order valence-corrected chi connectivity index (χ2v) is 8.62. The van der Waals surface area contributed by atoms with Crippen LogP contribution in [0.3, 0.4) is 0 Å². The minimum absolute atomic E-state index is 0.177. The highest BCUT2D eigenvalue weighted by molar-refractivity contribution is 7.17. The maximum Gasteiger partial charge on any atom is 0.337 e. The molecule has 8 heteroatoms. The zero-order valence-electron chi connectivity index (χ0n) is 16.2. The lowest BCUT2D eigenvalue weighted by atomic mass is 10.0. The summed E-state index contributed by atoms with van der Waals surface area (Å²) in [5, 5.41) is 0.906. The Bertz CT molecular complexity index is 1160. The molecule has 0 aliphatic carbocycles. The van der Waals surface area contributed by atoms with Crippen LogP contribution in [0.2, 0.25) is 10.0 Å². The predicted molar refractivity (Wildman–Crippen MR) is 119 cm³/mol. The molecule has 1 aliphatic heterocycles.